The van der Waals surface area contributed by atoms with Gasteiger partial charge in [0.15, 0.2) is 5.96 Å². The molecule has 0 aliphatic rings. The van der Waals surface area contributed by atoms with Gasteiger partial charge in [0.25, 0.3) is 0 Å². The first-order chi connectivity index (χ1) is 18.6. The van der Waals surface area contributed by atoms with Crippen molar-refractivity contribution in [3.63, 3.8) is 0 Å². The highest BCUT2D eigenvalue weighted by Gasteiger charge is 2.33. The van der Waals surface area contributed by atoms with Gasteiger partial charge < -0.3 is 53.8 Å². The Morgan fingerprint density at radius 3 is 1.73 bits per heavy atom. The van der Waals surface area contributed by atoms with Crippen LogP contribution in [0.1, 0.15) is 46.0 Å². The summed E-state index contributed by atoms with van der Waals surface area (Å²) < 4.78 is 0. The summed E-state index contributed by atoms with van der Waals surface area (Å²) in [6.07, 6.45) is -1.80. The van der Waals surface area contributed by atoms with E-state index in [9.17, 15) is 43.8 Å². The fourth-order valence-corrected chi connectivity index (χ4v) is 3.26. The van der Waals surface area contributed by atoms with E-state index in [-0.39, 0.29) is 25.3 Å². The highest BCUT2D eigenvalue weighted by molar-refractivity contribution is 5.96. The summed E-state index contributed by atoms with van der Waals surface area (Å²) in [5.74, 6) is -8.83. The van der Waals surface area contributed by atoms with Gasteiger partial charge >= 0.3 is 17.9 Å². The highest BCUT2D eigenvalue weighted by Crippen LogP contribution is 2.07. The molecule has 0 aliphatic carbocycles. The molecular formula is C22H38N8O10. The molecular weight excluding hydrogens is 536 g/mol. The number of hydrogen-bond acceptors (Lipinski definition) is 9. The SMILES string of the molecule is CC(C)[C@H](NC(=O)[C@H](CC(=O)O)NC(=O)[C@H](CCC(=O)O)NC(=O)[C@H](CCCN=C(N)N)NC(=O)CN)C(=O)O. The van der Waals surface area contributed by atoms with Gasteiger partial charge in [-0.3, -0.25) is 33.8 Å². The van der Waals surface area contributed by atoms with Crippen molar-refractivity contribution in [3.05, 3.63) is 0 Å². The predicted molar refractivity (Wildman–Crippen MR) is 138 cm³/mol. The van der Waals surface area contributed by atoms with Crippen LogP contribution in [0.3, 0.4) is 0 Å². The summed E-state index contributed by atoms with van der Waals surface area (Å²) in [5, 5.41) is 36.5. The normalized spacial score (nSPS) is 13.6. The number of hydrogen-bond donors (Lipinski definition) is 10. The van der Waals surface area contributed by atoms with Gasteiger partial charge in [-0.1, -0.05) is 13.8 Å². The number of amides is 4. The summed E-state index contributed by atoms with van der Waals surface area (Å²) in [4.78, 5) is 88.1. The van der Waals surface area contributed by atoms with Gasteiger partial charge in [-0.2, -0.15) is 0 Å². The van der Waals surface area contributed by atoms with Crippen molar-refractivity contribution in [1.29, 1.82) is 0 Å². The van der Waals surface area contributed by atoms with E-state index < -0.39 is 97.4 Å². The van der Waals surface area contributed by atoms with Crippen LogP contribution in [0.2, 0.25) is 0 Å². The number of carboxylic acid groups (broad SMARTS) is 3. The van der Waals surface area contributed by atoms with Gasteiger partial charge in [-0.05, 0) is 25.2 Å². The number of nitrogens with one attached hydrogen (secondary N) is 4. The van der Waals surface area contributed by atoms with Gasteiger partial charge in [0.2, 0.25) is 23.6 Å². The molecule has 0 saturated heterocycles. The Bertz CT molecular complexity index is 967. The quantitative estimate of drug-likeness (QED) is 0.0400. The number of nitrogens with zero attached hydrogens (tertiary/aromatic N) is 1. The molecule has 0 unspecified atom stereocenters. The van der Waals surface area contributed by atoms with Crippen molar-refractivity contribution in [1.82, 2.24) is 21.3 Å². The molecule has 0 spiro atoms. The van der Waals surface area contributed by atoms with E-state index >= 15 is 0 Å². The molecule has 0 aliphatic heterocycles. The highest BCUT2D eigenvalue weighted by atomic mass is 16.4. The number of carbonyl (C=O) groups excluding carboxylic acids is 4. The molecule has 40 heavy (non-hydrogen) atoms. The lowest BCUT2D eigenvalue weighted by atomic mass is 10.0. The van der Waals surface area contributed by atoms with Crippen molar-refractivity contribution in [2.45, 2.75) is 70.1 Å². The Morgan fingerprint density at radius 2 is 1.27 bits per heavy atom. The predicted octanol–water partition coefficient (Wildman–Crippen LogP) is -3.98. The van der Waals surface area contributed by atoms with Crippen LogP contribution in [0.25, 0.3) is 0 Å². The van der Waals surface area contributed by atoms with Gasteiger partial charge in [0.1, 0.15) is 24.2 Å². The summed E-state index contributed by atoms with van der Waals surface area (Å²) in [5.41, 5.74) is 15.8. The third-order valence-corrected chi connectivity index (χ3v) is 5.30. The molecule has 18 nitrogen and oxygen atoms in total. The van der Waals surface area contributed by atoms with Crippen LogP contribution < -0.4 is 38.5 Å². The zero-order valence-electron chi connectivity index (χ0n) is 22.2. The smallest absolute Gasteiger partial charge is 0.326 e. The van der Waals surface area contributed by atoms with Crippen LogP contribution >= 0.6 is 0 Å². The van der Waals surface area contributed by atoms with E-state index in [1.54, 1.807) is 0 Å². The Hall–Kier alpha value is -4.48. The molecule has 0 heterocycles. The van der Waals surface area contributed by atoms with E-state index in [0.717, 1.165) is 0 Å². The second-order valence-corrected chi connectivity index (χ2v) is 8.99. The Kier molecular flexibility index (Phi) is 15.9. The molecule has 4 atom stereocenters. The molecule has 226 valence electrons. The fraction of sp³-hybridized carbons (Fsp3) is 0.636. The van der Waals surface area contributed by atoms with Gasteiger partial charge in [-0.25, -0.2) is 4.79 Å². The maximum atomic E-state index is 13.0. The third-order valence-electron chi connectivity index (χ3n) is 5.30. The molecule has 13 N–H and O–H groups in total. The average Bonchev–Trinajstić information content (AvgIpc) is 2.84. The van der Waals surface area contributed by atoms with Gasteiger partial charge in [-0.15, -0.1) is 0 Å². The molecule has 0 fully saturated rings. The molecule has 4 amide bonds. The number of carboxylic acids is 3. The van der Waals surface area contributed by atoms with E-state index in [1.165, 1.54) is 13.8 Å². The van der Waals surface area contributed by atoms with Crippen LogP contribution in [0.15, 0.2) is 4.99 Å². The minimum atomic E-state index is -1.76. The largest absolute Gasteiger partial charge is 0.481 e. The molecule has 18 heteroatoms. The van der Waals surface area contributed by atoms with Crippen molar-refractivity contribution in [2.75, 3.05) is 13.1 Å². The number of carbonyl (C=O) groups is 7. The van der Waals surface area contributed by atoms with Crippen molar-refractivity contribution < 1.29 is 48.9 Å². The molecule has 0 aromatic heterocycles. The second-order valence-electron chi connectivity index (χ2n) is 8.99. The van der Waals surface area contributed by atoms with Gasteiger partial charge in [0.05, 0.1) is 13.0 Å². The van der Waals surface area contributed by atoms with E-state index in [2.05, 4.69) is 26.3 Å². The average molecular weight is 575 g/mol. The molecule has 0 aromatic carbocycles. The maximum Gasteiger partial charge on any atom is 0.326 e. The number of guanidine groups is 1. The fourth-order valence-electron chi connectivity index (χ4n) is 3.26. The van der Waals surface area contributed by atoms with Crippen LogP contribution in [-0.4, -0.2) is 100 Å². The third kappa shape index (κ3) is 14.5. The zero-order valence-corrected chi connectivity index (χ0v) is 22.2. The van der Waals surface area contributed by atoms with E-state index in [0.29, 0.717) is 0 Å². The van der Waals surface area contributed by atoms with E-state index in [1.807, 2.05) is 0 Å². The number of aliphatic carboxylic acids is 3. The second kappa shape index (κ2) is 17.9. The topological polar surface area (TPSA) is 319 Å². The Balaban J connectivity index is 5.86. The molecule has 0 radical (unpaired) electrons. The first-order valence-corrected chi connectivity index (χ1v) is 12.2. The number of rotatable bonds is 19. The van der Waals surface area contributed by atoms with Crippen LogP contribution in [0, 0.1) is 5.92 Å². The molecule has 0 aromatic rings. The minimum absolute atomic E-state index is 0.00253. The molecule has 0 saturated carbocycles. The van der Waals surface area contributed by atoms with Crippen molar-refractivity contribution in [2.24, 2.45) is 28.1 Å². The standard InChI is InChI=1S/C22H38N8O10/c1-10(2)17(21(39)40)30-20(38)13(8-16(34)35)29-19(37)12(5-6-15(32)33)28-18(36)11(27-14(31)9-23)4-3-7-26-22(24)25/h10-13,17H,3-9,23H2,1-2H3,(H,27,31)(H,28,36)(H,29,37)(H,30,38)(H,32,33)(H,34,35)(H,39,40)(H4,24,25,26)/t11-,12-,13-,17-/m0/s1. The number of nitrogens with two attached hydrogens (primary N) is 3. The molecule has 0 rings (SSSR count). The lowest BCUT2D eigenvalue weighted by Gasteiger charge is -2.26. The zero-order chi connectivity index (χ0) is 31.0. The van der Waals surface area contributed by atoms with Crippen molar-refractivity contribution in [3.8, 4) is 0 Å². The van der Waals surface area contributed by atoms with Crippen molar-refractivity contribution >= 4 is 47.5 Å². The van der Waals surface area contributed by atoms with E-state index in [4.69, 9.17) is 22.3 Å². The lowest BCUT2D eigenvalue weighted by Crippen LogP contribution is -2.58. The first kappa shape index (κ1) is 35.5. The van der Waals surface area contributed by atoms with Crippen LogP contribution in [0.5, 0.6) is 0 Å². The Labute approximate surface area is 229 Å². The minimum Gasteiger partial charge on any atom is -0.481 e. The van der Waals surface area contributed by atoms with Gasteiger partial charge in [0, 0.05) is 13.0 Å². The summed E-state index contributed by atoms with van der Waals surface area (Å²) >= 11 is 0. The summed E-state index contributed by atoms with van der Waals surface area (Å²) in [6, 6.07) is -5.97. The number of aliphatic imine (C=N–C) groups is 1. The summed E-state index contributed by atoms with van der Waals surface area (Å²) in [6.45, 7) is 2.64. The summed E-state index contributed by atoms with van der Waals surface area (Å²) in [7, 11) is 0. The maximum absolute atomic E-state index is 13.0. The van der Waals surface area contributed by atoms with Crippen LogP contribution in [-0.2, 0) is 33.6 Å². The molecule has 0 bridgehead atoms. The van der Waals surface area contributed by atoms with Crippen LogP contribution in [0.4, 0.5) is 0 Å². The lowest BCUT2D eigenvalue weighted by molar-refractivity contribution is -0.144. The first-order valence-electron chi connectivity index (χ1n) is 12.2. The monoisotopic (exact) mass is 574 g/mol. The Morgan fingerprint density at radius 1 is 0.750 bits per heavy atom.